The van der Waals surface area contributed by atoms with E-state index in [1.54, 1.807) is 0 Å². The monoisotopic (exact) mass is 374 g/mol. The highest BCUT2D eigenvalue weighted by Gasteiger charge is 2.54. The van der Waals surface area contributed by atoms with E-state index in [-0.39, 0.29) is 11.5 Å². The van der Waals surface area contributed by atoms with E-state index in [0.717, 1.165) is 6.61 Å². The molecule has 0 spiro atoms. The van der Waals surface area contributed by atoms with Gasteiger partial charge in [-0.1, -0.05) is 73.7 Å². The summed E-state index contributed by atoms with van der Waals surface area (Å²) in [5.41, 5.74) is 1.17. The Labute approximate surface area is 129 Å². The van der Waals surface area contributed by atoms with Crippen molar-refractivity contribution in [2.75, 3.05) is 6.61 Å². The Kier molecular flexibility index (Phi) is 4.90. The van der Waals surface area contributed by atoms with Gasteiger partial charge in [0.15, 0.2) is 0 Å². The number of benzene rings is 1. The van der Waals surface area contributed by atoms with Gasteiger partial charge in [-0.15, -0.1) is 0 Å². The number of rotatable bonds is 5. The minimum Gasteiger partial charge on any atom is -0.392 e. The molecule has 4 atom stereocenters. The van der Waals surface area contributed by atoms with Gasteiger partial charge in [0.2, 0.25) is 0 Å². The average Bonchev–Trinajstić information content (AvgIpc) is 2.99. The normalized spacial score (nSPS) is 28.2. The average molecular weight is 374 g/mol. The van der Waals surface area contributed by atoms with Crippen LogP contribution in [0.25, 0.3) is 0 Å². The van der Waals surface area contributed by atoms with Crippen LogP contribution in [-0.4, -0.2) is 21.7 Å². The molecule has 3 heteroatoms. The number of alkyl halides is 1. The van der Waals surface area contributed by atoms with Crippen molar-refractivity contribution >= 4 is 22.6 Å². The highest BCUT2D eigenvalue weighted by atomic mass is 127. The second-order valence-corrected chi connectivity index (χ2v) is 7.94. The number of hydrogen-bond donors (Lipinski definition) is 1. The third-order valence-electron chi connectivity index (χ3n) is 3.80. The van der Waals surface area contributed by atoms with Crippen molar-refractivity contribution in [2.45, 2.75) is 37.4 Å². The van der Waals surface area contributed by atoms with E-state index in [4.69, 9.17) is 4.74 Å². The first-order valence-electron chi connectivity index (χ1n) is 6.85. The molecule has 1 aromatic carbocycles. The largest absolute Gasteiger partial charge is 0.392 e. The molecule has 1 aliphatic carbocycles. The van der Waals surface area contributed by atoms with Crippen molar-refractivity contribution < 1.29 is 9.84 Å². The fraction of sp³-hybridized carbons (Fsp3) is 0.625. The number of aliphatic hydroxyl groups excluding tert-OH is 1. The summed E-state index contributed by atoms with van der Waals surface area (Å²) in [6.45, 7) is 7.71. The zero-order valence-electron chi connectivity index (χ0n) is 11.8. The van der Waals surface area contributed by atoms with Gasteiger partial charge in [0.25, 0.3) is 0 Å². The first-order valence-corrected chi connectivity index (χ1v) is 8.09. The van der Waals surface area contributed by atoms with Crippen LogP contribution in [0.15, 0.2) is 30.3 Å². The highest BCUT2D eigenvalue weighted by molar-refractivity contribution is 14.1. The molecule has 106 valence electrons. The Bertz CT molecular complexity index is 399. The number of ether oxygens (including phenoxy) is 1. The van der Waals surface area contributed by atoms with E-state index in [1.807, 2.05) is 18.2 Å². The minimum atomic E-state index is -0.236. The lowest BCUT2D eigenvalue weighted by Gasteiger charge is -2.26. The lowest BCUT2D eigenvalue weighted by Crippen LogP contribution is -2.29. The Balaban J connectivity index is 1.76. The smallest absolute Gasteiger partial charge is 0.0717 e. The molecular weight excluding hydrogens is 351 g/mol. The van der Waals surface area contributed by atoms with E-state index in [1.165, 1.54) is 5.56 Å². The van der Waals surface area contributed by atoms with Gasteiger partial charge < -0.3 is 9.84 Å². The number of aliphatic hydroxyl groups is 1. The minimum absolute atomic E-state index is 0.0394. The van der Waals surface area contributed by atoms with Gasteiger partial charge >= 0.3 is 0 Å². The summed E-state index contributed by atoms with van der Waals surface area (Å²) >= 11 is 2.45. The Morgan fingerprint density at radius 2 is 1.89 bits per heavy atom. The zero-order valence-corrected chi connectivity index (χ0v) is 14.0. The van der Waals surface area contributed by atoms with Gasteiger partial charge in [0, 0.05) is 15.8 Å². The second-order valence-electron chi connectivity index (χ2n) is 6.50. The van der Waals surface area contributed by atoms with Crippen molar-refractivity contribution in [1.29, 1.82) is 0 Å². The predicted molar refractivity (Wildman–Crippen MR) is 86.3 cm³/mol. The van der Waals surface area contributed by atoms with E-state index in [0.29, 0.717) is 22.4 Å². The van der Waals surface area contributed by atoms with Gasteiger partial charge in [-0.2, -0.15) is 0 Å². The molecule has 0 aromatic heterocycles. The molecular formula is C16H23IO2. The Morgan fingerprint density at radius 1 is 1.26 bits per heavy atom. The van der Waals surface area contributed by atoms with Crippen LogP contribution in [0, 0.1) is 17.3 Å². The molecule has 2 rings (SSSR count). The van der Waals surface area contributed by atoms with Crippen LogP contribution >= 0.6 is 22.6 Å². The van der Waals surface area contributed by atoms with Crippen LogP contribution in [0.2, 0.25) is 0 Å². The van der Waals surface area contributed by atoms with Crippen molar-refractivity contribution in [3.63, 3.8) is 0 Å². The van der Waals surface area contributed by atoms with Crippen LogP contribution in [-0.2, 0) is 11.3 Å². The molecule has 1 aliphatic rings. The maximum absolute atomic E-state index is 10.3. The van der Waals surface area contributed by atoms with E-state index >= 15 is 0 Å². The maximum atomic E-state index is 10.3. The molecule has 1 fully saturated rings. The molecule has 2 nitrogen and oxygen atoms in total. The molecule has 0 radical (unpaired) electrons. The summed E-state index contributed by atoms with van der Waals surface area (Å²) in [5.74, 6) is 0.884. The molecule has 1 N–H and O–H groups in total. The molecule has 0 saturated heterocycles. The summed E-state index contributed by atoms with van der Waals surface area (Å²) in [5, 5.41) is 10.3. The van der Waals surface area contributed by atoms with Gasteiger partial charge in [-0.3, -0.25) is 0 Å². The molecule has 1 saturated carbocycles. The summed E-state index contributed by atoms with van der Waals surface area (Å²) in [7, 11) is 0. The molecule has 0 bridgehead atoms. The molecule has 1 aromatic rings. The fourth-order valence-corrected chi connectivity index (χ4v) is 3.81. The lowest BCUT2D eigenvalue weighted by atomic mass is 9.86. The van der Waals surface area contributed by atoms with Gasteiger partial charge in [-0.05, 0) is 11.0 Å². The second kappa shape index (κ2) is 6.10. The molecule has 19 heavy (non-hydrogen) atoms. The lowest BCUT2D eigenvalue weighted by molar-refractivity contribution is 0.0299. The van der Waals surface area contributed by atoms with Gasteiger partial charge in [0.1, 0.15) is 0 Å². The summed E-state index contributed by atoms with van der Waals surface area (Å²) < 4.78 is 6.34. The summed E-state index contributed by atoms with van der Waals surface area (Å²) in [4.78, 5) is 0. The van der Waals surface area contributed by atoms with E-state index in [2.05, 4.69) is 55.5 Å². The quantitative estimate of drug-likeness (QED) is 0.630. The first-order chi connectivity index (χ1) is 8.91. The van der Waals surface area contributed by atoms with Crippen molar-refractivity contribution in [1.82, 2.24) is 0 Å². The molecule has 0 unspecified atom stereocenters. The summed E-state index contributed by atoms with van der Waals surface area (Å²) in [6.07, 6.45) is -0.236. The molecule has 0 aliphatic heterocycles. The molecule has 0 amide bonds. The number of halogens is 1. The van der Waals surface area contributed by atoms with Gasteiger partial charge in [-0.25, -0.2) is 0 Å². The van der Waals surface area contributed by atoms with Crippen LogP contribution in [0.1, 0.15) is 26.3 Å². The standard InChI is InChI=1S/C16H23IO2/c1-16(2,3)15(18)13-12(14(13)17)10-19-9-11-7-5-4-6-8-11/h4-8,12-15,18H,9-10H2,1-3H3/t12-,13+,14-,15-/m0/s1. The van der Waals surface area contributed by atoms with E-state index in [9.17, 15) is 5.11 Å². The predicted octanol–water partition coefficient (Wildman–Crippen LogP) is 3.66. The van der Waals surface area contributed by atoms with Crippen LogP contribution < -0.4 is 0 Å². The number of hydrogen-bond acceptors (Lipinski definition) is 2. The third kappa shape index (κ3) is 3.92. The van der Waals surface area contributed by atoms with Crippen LogP contribution in [0.5, 0.6) is 0 Å². The maximum Gasteiger partial charge on any atom is 0.0717 e. The molecule has 0 heterocycles. The van der Waals surface area contributed by atoms with Crippen molar-refractivity contribution in [2.24, 2.45) is 17.3 Å². The van der Waals surface area contributed by atoms with Crippen molar-refractivity contribution in [3.8, 4) is 0 Å². The first kappa shape index (κ1) is 15.3. The Hall–Kier alpha value is -0.130. The van der Waals surface area contributed by atoms with Crippen LogP contribution in [0.4, 0.5) is 0 Å². The van der Waals surface area contributed by atoms with Crippen molar-refractivity contribution in [3.05, 3.63) is 35.9 Å². The topological polar surface area (TPSA) is 29.5 Å². The third-order valence-corrected chi connectivity index (χ3v) is 5.56. The van der Waals surface area contributed by atoms with E-state index < -0.39 is 0 Å². The summed E-state index contributed by atoms with van der Waals surface area (Å²) in [6, 6.07) is 10.2. The van der Waals surface area contributed by atoms with Gasteiger partial charge in [0.05, 0.1) is 19.3 Å². The highest BCUT2D eigenvalue weighted by Crippen LogP contribution is 2.51. The SMILES string of the molecule is CC(C)(C)[C@@H](O)[C@H]1[C@@H](I)[C@H]1COCc1ccccc1. The fourth-order valence-electron chi connectivity index (χ4n) is 2.43. The zero-order chi connectivity index (χ0) is 14.0. The Morgan fingerprint density at radius 3 is 2.47 bits per heavy atom. The van der Waals surface area contributed by atoms with Crippen LogP contribution in [0.3, 0.4) is 0 Å².